The lowest BCUT2D eigenvalue weighted by Gasteiger charge is -2.19. The van der Waals surface area contributed by atoms with Gasteiger partial charge in [-0.2, -0.15) is 10.1 Å². The molecule has 0 amide bonds. The fraction of sp³-hybridized carbons (Fsp3) is 0.588. The zero-order valence-electron chi connectivity index (χ0n) is 13.9. The Hall–Kier alpha value is -2.15. The van der Waals surface area contributed by atoms with E-state index in [1.165, 1.54) is 31.6 Å². The van der Waals surface area contributed by atoms with Crippen LogP contribution in [0.1, 0.15) is 24.5 Å². The minimum atomic E-state index is 0.677. The van der Waals surface area contributed by atoms with E-state index in [2.05, 4.69) is 43.4 Å². The summed E-state index contributed by atoms with van der Waals surface area (Å²) in [6, 6.07) is 4.00. The van der Waals surface area contributed by atoms with Crippen molar-refractivity contribution in [1.29, 1.82) is 0 Å². The van der Waals surface area contributed by atoms with Crippen molar-refractivity contribution in [3.63, 3.8) is 0 Å². The summed E-state index contributed by atoms with van der Waals surface area (Å²) >= 11 is 0. The summed E-state index contributed by atoms with van der Waals surface area (Å²) in [4.78, 5) is 13.9. The van der Waals surface area contributed by atoms with Crippen molar-refractivity contribution in [1.82, 2.24) is 25.1 Å². The van der Waals surface area contributed by atoms with E-state index in [-0.39, 0.29) is 0 Å². The molecule has 7 heteroatoms. The highest BCUT2D eigenvalue weighted by Gasteiger charge is 2.39. The van der Waals surface area contributed by atoms with Crippen LogP contribution < -0.4 is 10.2 Å². The Bertz CT molecular complexity index is 724. The Kier molecular flexibility index (Phi) is 3.22. The molecule has 0 aromatic carbocycles. The highest BCUT2D eigenvalue weighted by Crippen LogP contribution is 2.39. The lowest BCUT2D eigenvalue weighted by Crippen LogP contribution is -2.28. The molecule has 2 N–H and O–H groups in total. The van der Waals surface area contributed by atoms with Gasteiger partial charge in [0.1, 0.15) is 5.82 Å². The smallest absolute Gasteiger partial charge is 0.227 e. The third-order valence-electron chi connectivity index (χ3n) is 5.47. The van der Waals surface area contributed by atoms with E-state index >= 15 is 0 Å². The summed E-state index contributed by atoms with van der Waals surface area (Å²) in [5.41, 5.74) is 1.23. The standard InChI is InChI=1S/C17H23N7/c1-23-7-12-9-24(10-13(12)8-23)17-18-5-4-15(20-17)19-16-6-14(21-22-16)11-2-3-11/h4-6,11-13H,2-3,7-10H2,1H3,(H2,18,19,20,21,22)/t12-,13-/m1/s1. The maximum atomic E-state index is 4.70. The predicted octanol–water partition coefficient (Wildman–Crippen LogP) is 1.82. The van der Waals surface area contributed by atoms with Gasteiger partial charge in [0.05, 0.1) is 0 Å². The van der Waals surface area contributed by atoms with E-state index < -0.39 is 0 Å². The Morgan fingerprint density at radius 2 is 1.92 bits per heavy atom. The molecule has 24 heavy (non-hydrogen) atoms. The molecular formula is C17H23N7. The second-order valence-corrected chi connectivity index (χ2v) is 7.50. The summed E-state index contributed by atoms with van der Waals surface area (Å²) in [6.07, 6.45) is 4.37. The lowest BCUT2D eigenvalue weighted by atomic mass is 10.0. The van der Waals surface area contributed by atoms with Crippen LogP contribution in [0.3, 0.4) is 0 Å². The molecule has 3 aliphatic rings. The number of nitrogens with one attached hydrogen (secondary N) is 2. The highest BCUT2D eigenvalue weighted by molar-refractivity contribution is 5.54. The molecule has 2 saturated heterocycles. The zero-order chi connectivity index (χ0) is 16.1. The molecule has 1 saturated carbocycles. The first-order valence-corrected chi connectivity index (χ1v) is 8.83. The van der Waals surface area contributed by atoms with Crippen molar-refractivity contribution in [3.05, 3.63) is 24.0 Å². The van der Waals surface area contributed by atoms with Crippen LogP contribution in [-0.4, -0.2) is 58.3 Å². The van der Waals surface area contributed by atoms with Crippen LogP contribution in [0.25, 0.3) is 0 Å². The molecule has 4 heterocycles. The molecule has 1 aliphatic carbocycles. The number of fused-ring (bicyclic) bond motifs is 1. The van der Waals surface area contributed by atoms with E-state index in [1.54, 1.807) is 0 Å². The Balaban J connectivity index is 1.29. The SMILES string of the molecule is CN1C[C@@H]2CN(c3nccc(Nc4cc(C5CC5)[nH]n4)n3)C[C@H]2C1. The first-order chi connectivity index (χ1) is 11.7. The number of nitrogens with zero attached hydrogens (tertiary/aromatic N) is 5. The molecule has 0 spiro atoms. The first-order valence-electron chi connectivity index (χ1n) is 8.83. The lowest BCUT2D eigenvalue weighted by molar-refractivity contribution is 0.386. The summed E-state index contributed by atoms with van der Waals surface area (Å²) in [5, 5.41) is 10.8. The van der Waals surface area contributed by atoms with Gasteiger partial charge in [-0.1, -0.05) is 0 Å². The minimum absolute atomic E-state index is 0.677. The molecule has 5 rings (SSSR count). The van der Waals surface area contributed by atoms with Gasteiger partial charge in [0, 0.05) is 50.1 Å². The van der Waals surface area contributed by atoms with Crippen LogP contribution in [0.5, 0.6) is 0 Å². The summed E-state index contributed by atoms with van der Waals surface area (Å²) < 4.78 is 0. The number of H-pyrrole nitrogens is 1. The van der Waals surface area contributed by atoms with Crippen LogP contribution >= 0.6 is 0 Å². The van der Waals surface area contributed by atoms with Crippen molar-refractivity contribution in [3.8, 4) is 0 Å². The average molecular weight is 325 g/mol. The Labute approximate surface area is 141 Å². The summed E-state index contributed by atoms with van der Waals surface area (Å²) in [7, 11) is 2.21. The van der Waals surface area contributed by atoms with Gasteiger partial charge in [-0.15, -0.1) is 0 Å². The molecule has 2 aromatic heterocycles. The van der Waals surface area contributed by atoms with Gasteiger partial charge >= 0.3 is 0 Å². The van der Waals surface area contributed by atoms with Crippen LogP contribution in [0.4, 0.5) is 17.6 Å². The molecule has 2 aliphatic heterocycles. The molecule has 0 radical (unpaired) electrons. The molecule has 3 fully saturated rings. The maximum absolute atomic E-state index is 4.70. The van der Waals surface area contributed by atoms with E-state index in [9.17, 15) is 0 Å². The van der Waals surface area contributed by atoms with Crippen molar-refractivity contribution in [2.75, 3.05) is 43.4 Å². The normalized spacial score (nSPS) is 26.8. The highest BCUT2D eigenvalue weighted by atomic mass is 15.3. The number of rotatable bonds is 4. The van der Waals surface area contributed by atoms with Gasteiger partial charge in [0.25, 0.3) is 0 Å². The van der Waals surface area contributed by atoms with Gasteiger partial charge < -0.3 is 15.1 Å². The third kappa shape index (κ3) is 2.62. The molecule has 0 bridgehead atoms. The van der Waals surface area contributed by atoms with Crippen molar-refractivity contribution in [2.24, 2.45) is 11.8 Å². The average Bonchev–Trinajstić information content (AvgIpc) is 3.03. The first kappa shape index (κ1) is 14.2. The van der Waals surface area contributed by atoms with E-state index in [0.29, 0.717) is 5.92 Å². The van der Waals surface area contributed by atoms with Gasteiger partial charge in [-0.3, -0.25) is 5.10 Å². The van der Waals surface area contributed by atoms with Crippen molar-refractivity contribution >= 4 is 17.6 Å². The van der Waals surface area contributed by atoms with E-state index in [1.807, 2.05) is 12.3 Å². The minimum Gasteiger partial charge on any atom is -0.340 e. The van der Waals surface area contributed by atoms with Crippen molar-refractivity contribution in [2.45, 2.75) is 18.8 Å². The topological polar surface area (TPSA) is 73.0 Å². The number of aromatic amines is 1. The maximum Gasteiger partial charge on any atom is 0.227 e. The quantitative estimate of drug-likeness (QED) is 0.893. The van der Waals surface area contributed by atoms with Gasteiger partial charge in [-0.25, -0.2) is 4.98 Å². The Morgan fingerprint density at radius 1 is 1.12 bits per heavy atom. The number of aromatic nitrogens is 4. The summed E-state index contributed by atoms with van der Waals surface area (Å²) in [5.74, 6) is 4.65. The molecular weight excluding hydrogens is 302 g/mol. The monoisotopic (exact) mass is 325 g/mol. The molecule has 126 valence electrons. The van der Waals surface area contributed by atoms with Crippen LogP contribution in [0, 0.1) is 11.8 Å². The predicted molar refractivity (Wildman–Crippen MR) is 92.6 cm³/mol. The number of anilines is 3. The number of hydrogen-bond acceptors (Lipinski definition) is 6. The zero-order valence-corrected chi connectivity index (χ0v) is 13.9. The Morgan fingerprint density at radius 3 is 2.67 bits per heavy atom. The summed E-state index contributed by atoms with van der Waals surface area (Å²) in [6.45, 7) is 4.51. The van der Waals surface area contributed by atoms with Gasteiger partial charge in [-0.05, 0) is 37.8 Å². The van der Waals surface area contributed by atoms with Crippen LogP contribution in [0.2, 0.25) is 0 Å². The largest absolute Gasteiger partial charge is 0.340 e. The fourth-order valence-corrected chi connectivity index (χ4v) is 4.10. The number of hydrogen-bond donors (Lipinski definition) is 2. The second-order valence-electron chi connectivity index (χ2n) is 7.50. The van der Waals surface area contributed by atoms with Crippen LogP contribution in [0.15, 0.2) is 18.3 Å². The fourth-order valence-electron chi connectivity index (χ4n) is 4.10. The second kappa shape index (κ2) is 5.44. The molecule has 2 atom stereocenters. The van der Waals surface area contributed by atoms with Gasteiger partial charge in [0.15, 0.2) is 5.82 Å². The number of likely N-dealkylation sites (tertiary alicyclic amines) is 1. The van der Waals surface area contributed by atoms with Crippen molar-refractivity contribution < 1.29 is 0 Å². The molecule has 0 unspecified atom stereocenters. The third-order valence-corrected chi connectivity index (χ3v) is 5.47. The van der Waals surface area contributed by atoms with Gasteiger partial charge in [0.2, 0.25) is 5.95 Å². The van der Waals surface area contributed by atoms with E-state index in [0.717, 1.165) is 42.5 Å². The van der Waals surface area contributed by atoms with E-state index in [4.69, 9.17) is 4.98 Å². The van der Waals surface area contributed by atoms with Crippen LogP contribution in [-0.2, 0) is 0 Å². The molecule has 7 nitrogen and oxygen atoms in total. The molecule has 2 aromatic rings.